The minimum atomic E-state index is 0. The van der Waals surface area contributed by atoms with Crippen LogP contribution in [0.2, 0.25) is 0 Å². The van der Waals surface area contributed by atoms with Crippen LogP contribution in [0.15, 0.2) is 41.8 Å². The monoisotopic (exact) mass is 480 g/mol. The largest absolute Gasteiger partial charge is 0.361 e. The standard InChI is InChI=1S/C20H28N6.HI/c1-4-21-20(22-9-7-16-12-25-26(3)14-16)23-10-8-17-13-24-19-11-15(2)5-6-18(17)19;/h5-6,11-14,24H,4,7-10H2,1-3H3,(H2,21,22,23);1H. The Hall–Kier alpha value is -2.03. The summed E-state index contributed by atoms with van der Waals surface area (Å²) in [7, 11) is 1.94. The summed E-state index contributed by atoms with van der Waals surface area (Å²) in [5.74, 6) is 0.868. The normalized spacial score (nSPS) is 11.4. The van der Waals surface area contributed by atoms with Crippen molar-refractivity contribution >= 4 is 40.8 Å². The van der Waals surface area contributed by atoms with Crippen molar-refractivity contribution in [2.45, 2.75) is 26.7 Å². The second-order valence-corrected chi connectivity index (χ2v) is 6.57. The Labute approximate surface area is 177 Å². The van der Waals surface area contributed by atoms with Gasteiger partial charge in [-0.05, 0) is 49.4 Å². The molecule has 0 aliphatic carbocycles. The van der Waals surface area contributed by atoms with Gasteiger partial charge in [-0.25, -0.2) is 0 Å². The molecule has 3 aromatic rings. The predicted octanol–water partition coefficient (Wildman–Crippen LogP) is 3.17. The Balaban J connectivity index is 0.00000261. The molecule has 146 valence electrons. The number of H-pyrrole nitrogens is 1. The number of halogens is 1. The van der Waals surface area contributed by atoms with Crippen LogP contribution in [0, 0.1) is 6.92 Å². The number of aromatic amines is 1. The van der Waals surface area contributed by atoms with E-state index in [1.165, 1.54) is 27.6 Å². The zero-order chi connectivity index (χ0) is 18.4. The lowest BCUT2D eigenvalue weighted by Gasteiger charge is -2.10. The average Bonchev–Trinajstić information content (AvgIpc) is 3.21. The predicted molar refractivity (Wildman–Crippen MR) is 123 cm³/mol. The summed E-state index contributed by atoms with van der Waals surface area (Å²) in [6.07, 6.45) is 7.90. The Kier molecular flexibility index (Phi) is 8.15. The molecular formula is C20H29IN6. The number of benzene rings is 1. The smallest absolute Gasteiger partial charge is 0.191 e. The topological polar surface area (TPSA) is 70.0 Å². The summed E-state index contributed by atoms with van der Waals surface area (Å²) in [5.41, 5.74) is 5.02. The molecule has 0 fully saturated rings. The molecule has 0 amide bonds. The molecule has 3 rings (SSSR count). The molecule has 6 nitrogen and oxygen atoms in total. The highest BCUT2D eigenvalue weighted by atomic mass is 127. The quantitative estimate of drug-likeness (QED) is 0.277. The lowest BCUT2D eigenvalue weighted by molar-refractivity contribution is 0.765. The van der Waals surface area contributed by atoms with Gasteiger partial charge in [0.25, 0.3) is 0 Å². The highest BCUT2D eigenvalue weighted by Crippen LogP contribution is 2.19. The van der Waals surface area contributed by atoms with Gasteiger partial charge in [-0.2, -0.15) is 5.10 Å². The number of hydrogen-bond acceptors (Lipinski definition) is 2. The molecular weight excluding hydrogens is 451 g/mol. The van der Waals surface area contributed by atoms with Gasteiger partial charge >= 0.3 is 0 Å². The first-order valence-corrected chi connectivity index (χ1v) is 9.22. The van der Waals surface area contributed by atoms with E-state index < -0.39 is 0 Å². The first-order valence-electron chi connectivity index (χ1n) is 9.22. The third-order valence-corrected chi connectivity index (χ3v) is 4.38. The van der Waals surface area contributed by atoms with Crippen molar-refractivity contribution in [2.75, 3.05) is 19.6 Å². The summed E-state index contributed by atoms with van der Waals surface area (Å²) >= 11 is 0. The van der Waals surface area contributed by atoms with Gasteiger partial charge in [0.1, 0.15) is 0 Å². The lowest BCUT2D eigenvalue weighted by atomic mass is 10.1. The Bertz CT molecular complexity index is 880. The number of rotatable bonds is 7. The third kappa shape index (κ3) is 5.98. The van der Waals surface area contributed by atoms with Gasteiger partial charge in [-0.15, -0.1) is 24.0 Å². The van der Waals surface area contributed by atoms with Crippen LogP contribution in [0.3, 0.4) is 0 Å². The molecule has 0 atom stereocenters. The number of aromatic nitrogens is 3. The maximum absolute atomic E-state index is 4.71. The fraction of sp³-hybridized carbons (Fsp3) is 0.400. The van der Waals surface area contributed by atoms with E-state index in [-0.39, 0.29) is 24.0 Å². The SMILES string of the molecule is CCNC(=NCCc1c[nH]c2cc(C)ccc12)NCCc1cnn(C)c1.I. The molecule has 0 saturated carbocycles. The van der Waals surface area contributed by atoms with Crippen molar-refractivity contribution < 1.29 is 0 Å². The summed E-state index contributed by atoms with van der Waals surface area (Å²) in [6.45, 7) is 6.64. The number of nitrogens with zero attached hydrogens (tertiary/aromatic N) is 3. The molecule has 0 unspecified atom stereocenters. The number of fused-ring (bicyclic) bond motifs is 1. The molecule has 7 heteroatoms. The van der Waals surface area contributed by atoms with E-state index in [0.717, 1.165) is 38.4 Å². The van der Waals surface area contributed by atoms with E-state index in [1.54, 1.807) is 0 Å². The van der Waals surface area contributed by atoms with Crippen LogP contribution in [0.5, 0.6) is 0 Å². The summed E-state index contributed by atoms with van der Waals surface area (Å²) in [4.78, 5) is 8.07. The zero-order valence-corrected chi connectivity index (χ0v) is 18.6. The molecule has 0 aliphatic rings. The number of guanidine groups is 1. The van der Waals surface area contributed by atoms with Crippen molar-refractivity contribution in [3.05, 3.63) is 53.5 Å². The van der Waals surface area contributed by atoms with Gasteiger partial charge in [0.05, 0.1) is 6.20 Å². The van der Waals surface area contributed by atoms with E-state index >= 15 is 0 Å². The van der Waals surface area contributed by atoms with E-state index in [2.05, 4.69) is 59.0 Å². The van der Waals surface area contributed by atoms with Crippen molar-refractivity contribution in [3.63, 3.8) is 0 Å². The van der Waals surface area contributed by atoms with Gasteiger partial charge < -0.3 is 15.6 Å². The molecule has 1 aromatic carbocycles. The van der Waals surface area contributed by atoms with E-state index in [0.29, 0.717) is 0 Å². The minimum Gasteiger partial charge on any atom is -0.361 e. The summed E-state index contributed by atoms with van der Waals surface area (Å²) in [5, 5.41) is 12.2. The average molecular weight is 480 g/mol. The van der Waals surface area contributed by atoms with Gasteiger partial charge in [0.15, 0.2) is 5.96 Å². The maximum Gasteiger partial charge on any atom is 0.191 e. The van der Waals surface area contributed by atoms with Crippen LogP contribution in [0.25, 0.3) is 10.9 Å². The van der Waals surface area contributed by atoms with Crippen LogP contribution in [0.1, 0.15) is 23.6 Å². The molecule has 27 heavy (non-hydrogen) atoms. The number of aryl methyl sites for hydroxylation is 2. The Morgan fingerprint density at radius 1 is 1.26 bits per heavy atom. The van der Waals surface area contributed by atoms with Crippen molar-refractivity contribution in [1.29, 1.82) is 0 Å². The second kappa shape index (κ2) is 10.3. The zero-order valence-electron chi connectivity index (χ0n) is 16.2. The lowest BCUT2D eigenvalue weighted by Crippen LogP contribution is -2.38. The Morgan fingerprint density at radius 2 is 2.11 bits per heavy atom. The van der Waals surface area contributed by atoms with Crippen molar-refractivity contribution in [2.24, 2.45) is 12.0 Å². The molecule has 0 saturated heterocycles. The fourth-order valence-corrected chi connectivity index (χ4v) is 3.06. The number of aliphatic imine (C=N–C) groups is 1. The van der Waals surface area contributed by atoms with Crippen LogP contribution < -0.4 is 10.6 Å². The second-order valence-electron chi connectivity index (χ2n) is 6.57. The number of hydrogen-bond donors (Lipinski definition) is 3. The maximum atomic E-state index is 4.71. The van der Waals surface area contributed by atoms with Gasteiger partial charge in [-0.1, -0.05) is 12.1 Å². The molecule has 2 heterocycles. The molecule has 3 N–H and O–H groups in total. The van der Waals surface area contributed by atoms with Gasteiger partial charge in [0.2, 0.25) is 0 Å². The highest BCUT2D eigenvalue weighted by Gasteiger charge is 2.04. The van der Waals surface area contributed by atoms with E-state index in [9.17, 15) is 0 Å². The van der Waals surface area contributed by atoms with Crippen LogP contribution in [0.4, 0.5) is 0 Å². The molecule has 0 radical (unpaired) electrons. The first kappa shape index (κ1) is 21.3. The van der Waals surface area contributed by atoms with Gasteiger partial charge in [-0.3, -0.25) is 9.67 Å². The Morgan fingerprint density at radius 3 is 2.85 bits per heavy atom. The van der Waals surface area contributed by atoms with Crippen LogP contribution >= 0.6 is 24.0 Å². The van der Waals surface area contributed by atoms with Crippen molar-refractivity contribution in [3.8, 4) is 0 Å². The molecule has 2 aromatic heterocycles. The minimum absolute atomic E-state index is 0. The highest BCUT2D eigenvalue weighted by molar-refractivity contribution is 14.0. The van der Waals surface area contributed by atoms with Crippen LogP contribution in [-0.2, 0) is 19.9 Å². The molecule has 0 bridgehead atoms. The fourth-order valence-electron chi connectivity index (χ4n) is 3.06. The summed E-state index contributed by atoms with van der Waals surface area (Å²) in [6, 6.07) is 6.54. The van der Waals surface area contributed by atoms with Crippen molar-refractivity contribution in [1.82, 2.24) is 25.4 Å². The third-order valence-electron chi connectivity index (χ3n) is 4.38. The van der Waals surface area contributed by atoms with E-state index in [1.807, 2.05) is 24.1 Å². The van der Waals surface area contributed by atoms with Crippen LogP contribution in [-0.4, -0.2) is 40.4 Å². The summed E-state index contributed by atoms with van der Waals surface area (Å²) < 4.78 is 1.83. The van der Waals surface area contributed by atoms with E-state index in [4.69, 9.17) is 4.99 Å². The van der Waals surface area contributed by atoms with Gasteiger partial charge in [0, 0.05) is 50.0 Å². The first-order chi connectivity index (χ1) is 12.7. The molecule has 0 spiro atoms. The molecule has 0 aliphatic heterocycles. The number of nitrogens with one attached hydrogen (secondary N) is 3.